The summed E-state index contributed by atoms with van der Waals surface area (Å²) >= 11 is 0. The fourth-order valence-electron chi connectivity index (χ4n) is 14.7. The molecule has 14 N–H and O–H groups in total. The number of carbonyl (C=O) groups is 3. The zero-order valence-electron chi connectivity index (χ0n) is 65.3. The van der Waals surface area contributed by atoms with E-state index in [2.05, 4.69) is 48.8 Å². The van der Waals surface area contributed by atoms with Gasteiger partial charge in [-0.1, -0.05) is 301 Å². The number of amides is 2. The standard InChI is InChI=1S/C82H152N2O21/c1-4-6-8-10-12-14-16-18-20-22-24-25-26-27-28-29-30-31-32-33-34-35-36-37-38-40-42-44-46-48-50-52-54-56-69(92)84-63(64(89)55-53-51-49-47-45-43-41-39-23-21-19-17-15-13-11-9-7-5-2)61-100-79-74(96)73(95)76(68(60-87)102-79)103-80-75(97)78(72(94)67(59-86)101-80)105-82(81(98)99)57-65(90)70(83-62(3)88)77(104-82)71(93)66(91)58-85/h24-25,27-28,63-68,70-80,85-87,89-91,93-97H,4-23,26,29-61H2,1-3H3,(H,83,88)(H,84,92)(H,98,99)/b25-24-,28-27-. The molecule has 3 heterocycles. The summed E-state index contributed by atoms with van der Waals surface area (Å²) in [6.45, 7) is 2.25. The van der Waals surface area contributed by atoms with Crippen LogP contribution in [0.5, 0.6) is 0 Å². The van der Waals surface area contributed by atoms with Gasteiger partial charge in [-0.15, -0.1) is 0 Å². The highest BCUT2D eigenvalue weighted by Gasteiger charge is 2.60. The van der Waals surface area contributed by atoms with Gasteiger partial charge < -0.3 is 100 Å². The highest BCUT2D eigenvalue weighted by Crippen LogP contribution is 2.39. The first-order valence-corrected chi connectivity index (χ1v) is 42.2. The number of nitrogens with one attached hydrogen (secondary N) is 2. The molecule has 0 spiro atoms. The van der Waals surface area contributed by atoms with Crippen LogP contribution in [0.2, 0.25) is 0 Å². The monoisotopic (exact) mass is 1500 g/mol. The molecule has 3 rings (SSSR count). The third kappa shape index (κ3) is 40.8. The molecule has 3 saturated heterocycles. The van der Waals surface area contributed by atoms with Crippen LogP contribution in [0.25, 0.3) is 0 Å². The van der Waals surface area contributed by atoms with E-state index >= 15 is 0 Å². The van der Waals surface area contributed by atoms with E-state index < -0.39 is 148 Å². The molecule has 0 bridgehead atoms. The number of unbranched alkanes of at least 4 members (excludes halogenated alkanes) is 43. The highest BCUT2D eigenvalue weighted by molar-refractivity contribution is 5.77. The van der Waals surface area contributed by atoms with Crippen LogP contribution >= 0.6 is 0 Å². The van der Waals surface area contributed by atoms with Crippen LogP contribution in [-0.4, -0.2) is 215 Å². The molecule has 0 aromatic heterocycles. The van der Waals surface area contributed by atoms with E-state index in [-0.39, 0.29) is 18.9 Å². The van der Waals surface area contributed by atoms with E-state index in [0.29, 0.717) is 19.3 Å². The van der Waals surface area contributed by atoms with Gasteiger partial charge in [0.2, 0.25) is 11.8 Å². The quantitative estimate of drug-likeness (QED) is 0.0199. The molecule has 3 aliphatic heterocycles. The maximum Gasteiger partial charge on any atom is 0.364 e. The molecule has 18 unspecified atom stereocenters. The number of aliphatic hydroxyl groups excluding tert-OH is 11. The average molecular weight is 1500 g/mol. The summed E-state index contributed by atoms with van der Waals surface area (Å²) in [6, 6.07) is -2.53. The molecular weight excluding hydrogens is 1350 g/mol. The second-order valence-electron chi connectivity index (χ2n) is 30.7. The Morgan fingerprint density at radius 1 is 0.495 bits per heavy atom. The van der Waals surface area contributed by atoms with Crippen LogP contribution in [0.15, 0.2) is 24.3 Å². The first kappa shape index (κ1) is 96.4. The number of carboxylic acids is 1. The topological polar surface area (TPSA) is 373 Å². The summed E-state index contributed by atoms with van der Waals surface area (Å²) in [7, 11) is 0. The van der Waals surface area contributed by atoms with Gasteiger partial charge in [0, 0.05) is 19.8 Å². The van der Waals surface area contributed by atoms with Crippen LogP contribution in [-0.2, 0) is 42.8 Å². The van der Waals surface area contributed by atoms with Crippen LogP contribution in [0, 0.1) is 0 Å². The van der Waals surface area contributed by atoms with Gasteiger partial charge in [-0.2, -0.15) is 0 Å². The van der Waals surface area contributed by atoms with E-state index in [9.17, 15) is 75.7 Å². The van der Waals surface area contributed by atoms with Crippen molar-refractivity contribution in [3.05, 3.63) is 24.3 Å². The highest BCUT2D eigenvalue weighted by atomic mass is 16.8. The Hall–Kier alpha value is -2.79. The van der Waals surface area contributed by atoms with Gasteiger partial charge in [-0.05, 0) is 44.9 Å². The Balaban J connectivity index is 1.46. The largest absolute Gasteiger partial charge is 0.477 e. The average Bonchev–Trinajstić information content (AvgIpc) is 0.755. The molecule has 0 aromatic carbocycles. The maximum absolute atomic E-state index is 13.6. The number of ether oxygens (including phenoxy) is 6. The summed E-state index contributed by atoms with van der Waals surface area (Å²) in [5, 5.41) is 137. The Bertz CT molecular complexity index is 2180. The zero-order chi connectivity index (χ0) is 76.7. The maximum atomic E-state index is 13.6. The number of hydrogen-bond acceptors (Lipinski definition) is 20. The van der Waals surface area contributed by atoms with Crippen molar-refractivity contribution in [1.82, 2.24) is 10.6 Å². The van der Waals surface area contributed by atoms with E-state index in [0.717, 1.165) is 64.7 Å². The third-order valence-corrected chi connectivity index (χ3v) is 21.4. The molecule has 616 valence electrons. The van der Waals surface area contributed by atoms with Gasteiger partial charge in [-0.3, -0.25) is 9.59 Å². The van der Waals surface area contributed by atoms with Gasteiger partial charge in [0.15, 0.2) is 12.6 Å². The number of aliphatic hydroxyl groups is 11. The minimum absolute atomic E-state index is 0.226. The number of allylic oxidation sites excluding steroid dienone is 4. The molecule has 3 aliphatic rings. The zero-order valence-corrected chi connectivity index (χ0v) is 65.3. The normalized spacial score (nSPS) is 26.3. The molecule has 0 radical (unpaired) electrons. The van der Waals surface area contributed by atoms with Crippen molar-refractivity contribution in [2.75, 3.05) is 26.4 Å². The Morgan fingerprint density at radius 3 is 1.33 bits per heavy atom. The minimum atomic E-state index is -3.08. The lowest BCUT2D eigenvalue weighted by Gasteiger charge is -2.50. The van der Waals surface area contributed by atoms with Crippen LogP contribution in [0.1, 0.15) is 342 Å². The number of carboxylic acid groups (broad SMARTS) is 1. The Labute approximate surface area is 632 Å². The SMILES string of the molecule is CCCCCCCCCCC/C=C\C/C=C\CCCCCCCCCCCCCCCCCCCC(=O)NC(COC1OC(CO)C(OC2OC(CO)C(O)C(OC3(C(=O)O)CC(O)C(NC(C)=O)C(C(O)C(O)CO)O3)C2O)C(O)C1O)C(O)CCCCCCCCCCCCCCCCCCCC. The first-order chi connectivity index (χ1) is 50.9. The fourth-order valence-corrected chi connectivity index (χ4v) is 14.7. The number of rotatable bonds is 67. The van der Waals surface area contributed by atoms with Crippen molar-refractivity contribution in [2.24, 2.45) is 0 Å². The van der Waals surface area contributed by atoms with Crippen molar-refractivity contribution in [3.63, 3.8) is 0 Å². The van der Waals surface area contributed by atoms with Crippen molar-refractivity contribution >= 4 is 17.8 Å². The smallest absolute Gasteiger partial charge is 0.364 e. The molecule has 105 heavy (non-hydrogen) atoms. The van der Waals surface area contributed by atoms with E-state index in [1.165, 1.54) is 231 Å². The van der Waals surface area contributed by atoms with Crippen LogP contribution in [0.3, 0.4) is 0 Å². The second kappa shape index (κ2) is 60.9. The lowest BCUT2D eigenvalue weighted by molar-refractivity contribution is -0.386. The molecular formula is C82H152N2O21. The molecule has 23 nitrogen and oxygen atoms in total. The van der Waals surface area contributed by atoms with Crippen molar-refractivity contribution in [2.45, 2.75) is 452 Å². The van der Waals surface area contributed by atoms with E-state index in [1.54, 1.807) is 0 Å². The van der Waals surface area contributed by atoms with Crippen molar-refractivity contribution in [3.8, 4) is 0 Å². The van der Waals surface area contributed by atoms with Crippen molar-refractivity contribution < 1.29 is 104 Å². The molecule has 3 fully saturated rings. The van der Waals surface area contributed by atoms with Gasteiger partial charge in [0.1, 0.15) is 67.1 Å². The van der Waals surface area contributed by atoms with Gasteiger partial charge in [-0.25, -0.2) is 4.79 Å². The molecule has 2 amide bonds. The summed E-state index contributed by atoms with van der Waals surface area (Å²) in [6.07, 6.45) is 38.9. The number of aliphatic carboxylic acids is 1. The lowest BCUT2D eigenvalue weighted by Crippen LogP contribution is -2.70. The van der Waals surface area contributed by atoms with Crippen LogP contribution in [0.4, 0.5) is 0 Å². The summed E-state index contributed by atoms with van der Waals surface area (Å²) in [5.41, 5.74) is 0. The van der Waals surface area contributed by atoms with E-state index in [4.69, 9.17) is 28.4 Å². The van der Waals surface area contributed by atoms with E-state index in [1.807, 2.05) is 0 Å². The molecule has 0 aliphatic carbocycles. The third-order valence-electron chi connectivity index (χ3n) is 21.4. The van der Waals surface area contributed by atoms with Gasteiger partial charge >= 0.3 is 5.97 Å². The number of hydrogen-bond donors (Lipinski definition) is 14. The molecule has 18 atom stereocenters. The van der Waals surface area contributed by atoms with Gasteiger partial charge in [0.25, 0.3) is 5.79 Å². The lowest BCUT2D eigenvalue weighted by atomic mass is 9.88. The minimum Gasteiger partial charge on any atom is -0.477 e. The van der Waals surface area contributed by atoms with Crippen molar-refractivity contribution in [1.29, 1.82) is 0 Å². The van der Waals surface area contributed by atoms with Gasteiger partial charge in [0.05, 0.1) is 50.7 Å². The molecule has 0 aromatic rings. The molecule has 23 heteroatoms. The van der Waals surface area contributed by atoms with Crippen LogP contribution < -0.4 is 10.6 Å². The fraction of sp³-hybridized carbons (Fsp3) is 0.915. The number of carbonyl (C=O) groups excluding carboxylic acids is 2. The predicted octanol–water partition coefficient (Wildman–Crippen LogP) is 11.9. The predicted molar refractivity (Wildman–Crippen MR) is 408 cm³/mol. The Morgan fingerprint density at radius 2 is 0.914 bits per heavy atom. The Kier molecular flexibility index (Phi) is 55.9. The summed E-state index contributed by atoms with van der Waals surface area (Å²) < 4.78 is 35.0. The first-order valence-electron chi connectivity index (χ1n) is 42.2. The molecule has 0 saturated carbocycles. The summed E-state index contributed by atoms with van der Waals surface area (Å²) in [5.74, 6) is -6.09. The summed E-state index contributed by atoms with van der Waals surface area (Å²) in [4.78, 5) is 38.7. The second-order valence-corrected chi connectivity index (χ2v) is 30.7.